The normalized spacial score (nSPS) is 12.2. The molecule has 9 heteroatoms. The van der Waals surface area contributed by atoms with Gasteiger partial charge in [-0.15, -0.1) is 0 Å². The Morgan fingerprint density at radius 3 is 2.27 bits per heavy atom. The van der Waals surface area contributed by atoms with Crippen LogP contribution in [0.3, 0.4) is 0 Å². The number of anilines is 1. The maximum absolute atomic E-state index is 13.2. The van der Waals surface area contributed by atoms with Gasteiger partial charge in [0.15, 0.2) is 0 Å². The largest absolute Gasteiger partial charge is 0.468 e. The molecule has 3 N–H and O–H groups in total. The van der Waals surface area contributed by atoms with Gasteiger partial charge >= 0.3 is 12.1 Å². The summed E-state index contributed by atoms with van der Waals surface area (Å²) in [5, 5.41) is 8.79. The van der Waals surface area contributed by atoms with Crippen LogP contribution >= 0.6 is 15.9 Å². The predicted molar refractivity (Wildman–Crippen MR) is 145 cm³/mol. The maximum Gasteiger partial charge on any atom is 0.408 e. The first-order valence-corrected chi connectivity index (χ1v) is 12.6. The molecule has 2 amide bonds. The summed E-state index contributed by atoms with van der Waals surface area (Å²) in [6.07, 6.45) is -0.315. The van der Waals surface area contributed by atoms with Crippen LogP contribution in [-0.2, 0) is 25.7 Å². The molecule has 0 saturated heterocycles. The Hall–Kier alpha value is -3.69. The van der Waals surface area contributed by atoms with Crippen LogP contribution in [0, 0.1) is 0 Å². The summed E-state index contributed by atoms with van der Waals surface area (Å²) in [5.41, 5.74) is 3.02. The van der Waals surface area contributed by atoms with Gasteiger partial charge in [0.25, 0.3) is 0 Å². The van der Waals surface area contributed by atoms with Gasteiger partial charge in [0.05, 0.1) is 19.7 Å². The SMILES string of the molecule is CC[C@@H](NC(=O)OCc1ccccc1)C(=O)Nc1ccc(Br)cc1[C@H](NCC(=O)OC)c1ccccc1. The lowest BCUT2D eigenvalue weighted by Gasteiger charge is -2.24. The number of carbonyl (C=O) groups is 3. The van der Waals surface area contributed by atoms with E-state index in [1.54, 1.807) is 13.0 Å². The fourth-order valence-electron chi connectivity index (χ4n) is 3.68. The highest BCUT2D eigenvalue weighted by atomic mass is 79.9. The number of halogens is 1. The standard InChI is InChI=1S/C28H30BrN3O5/c1-3-23(32-28(35)37-18-19-10-6-4-7-11-19)27(34)31-24-15-14-21(29)16-22(24)26(30-17-25(33)36-2)20-12-8-5-9-13-20/h4-16,23,26,30H,3,17-18H2,1-2H3,(H,31,34)(H,32,35)/t23-,26-/m1/s1. The van der Waals surface area contributed by atoms with E-state index in [1.807, 2.05) is 72.8 Å². The van der Waals surface area contributed by atoms with Crippen molar-refractivity contribution in [3.8, 4) is 0 Å². The summed E-state index contributed by atoms with van der Waals surface area (Å²) in [7, 11) is 1.33. The average Bonchev–Trinajstić information content (AvgIpc) is 2.92. The highest BCUT2D eigenvalue weighted by Crippen LogP contribution is 2.31. The van der Waals surface area contributed by atoms with Crippen molar-refractivity contribution in [2.75, 3.05) is 19.0 Å². The van der Waals surface area contributed by atoms with E-state index < -0.39 is 24.1 Å². The van der Waals surface area contributed by atoms with Gasteiger partial charge in [0, 0.05) is 10.2 Å². The second-order valence-electron chi connectivity index (χ2n) is 8.19. The van der Waals surface area contributed by atoms with Gasteiger partial charge in [0.1, 0.15) is 12.6 Å². The number of benzene rings is 3. The van der Waals surface area contributed by atoms with E-state index in [4.69, 9.17) is 9.47 Å². The predicted octanol–water partition coefficient (Wildman–Crippen LogP) is 4.94. The van der Waals surface area contributed by atoms with E-state index in [0.29, 0.717) is 12.1 Å². The summed E-state index contributed by atoms with van der Waals surface area (Å²) < 4.78 is 10.9. The number of hydrogen-bond donors (Lipinski definition) is 3. The lowest BCUT2D eigenvalue weighted by atomic mass is 9.96. The molecule has 0 aliphatic rings. The van der Waals surface area contributed by atoms with Crippen molar-refractivity contribution in [2.24, 2.45) is 0 Å². The van der Waals surface area contributed by atoms with Gasteiger partial charge in [-0.1, -0.05) is 83.5 Å². The third-order valence-corrected chi connectivity index (χ3v) is 6.12. The van der Waals surface area contributed by atoms with Crippen molar-refractivity contribution in [3.05, 3.63) is 100 Å². The number of hydrogen-bond acceptors (Lipinski definition) is 6. The zero-order chi connectivity index (χ0) is 26.6. The molecule has 0 aromatic heterocycles. The summed E-state index contributed by atoms with van der Waals surface area (Å²) in [5.74, 6) is -0.798. The molecule has 0 saturated carbocycles. The van der Waals surface area contributed by atoms with Gasteiger partial charge in [-0.05, 0) is 41.3 Å². The number of carbonyl (C=O) groups excluding carboxylic acids is 3. The molecule has 0 aliphatic carbocycles. The molecule has 0 radical (unpaired) electrons. The lowest BCUT2D eigenvalue weighted by Crippen LogP contribution is -2.43. The van der Waals surface area contributed by atoms with Crippen LogP contribution in [0.15, 0.2) is 83.3 Å². The molecule has 194 valence electrons. The second kappa shape index (κ2) is 14.2. The minimum absolute atomic E-state index is 0.0254. The number of nitrogens with one attached hydrogen (secondary N) is 3. The summed E-state index contributed by atoms with van der Waals surface area (Å²) in [6, 6.07) is 23.1. The molecule has 8 nitrogen and oxygen atoms in total. The van der Waals surface area contributed by atoms with E-state index in [9.17, 15) is 14.4 Å². The van der Waals surface area contributed by atoms with Crippen molar-refractivity contribution < 1.29 is 23.9 Å². The number of methoxy groups -OCH3 is 1. The topological polar surface area (TPSA) is 106 Å². The van der Waals surface area contributed by atoms with E-state index in [-0.39, 0.29) is 19.1 Å². The minimum Gasteiger partial charge on any atom is -0.468 e. The van der Waals surface area contributed by atoms with Crippen LogP contribution in [0.1, 0.15) is 36.1 Å². The molecule has 0 heterocycles. The number of amides is 2. The number of alkyl carbamates (subject to hydrolysis) is 1. The molecular formula is C28H30BrN3O5. The first-order valence-electron chi connectivity index (χ1n) is 11.8. The van der Waals surface area contributed by atoms with E-state index >= 15 is 0 Å². The molecule has 0 aliphatic heterocycles. The van der Waals surface area contributed by atoms with Crippen LogP contribution < -0.4 is 16.0 Å². The van der Waals surface area contributed by atoms with Gasteiger partial charge < -0.3 is 20.1 Å². The van der Waals surface area contributed by atoms with Crippen LogP contribution in [0.4, 0.5) is 10.5 Å². The highest BCUT2D eigenvalue weighted by Gasteiger charge is 2.24. The quantitative estimate of drug-likeness (QED) is 0.283. The minimum atomic E-state index is -0.807. The fourth-order valence-corrected chi connectivity index (χ4v) is 4.06. The van der Waals surface area contributed by atoms with Crippen LogP contribution in [-0.4, -0.2) is 37.7 Å². The molecule has 37 heavy (non-hydrogen) atoms. The number of ether oxygens (including phenoxy) is 2. The van der Waals surface area contributed by atoms with Gasteiger partial charge in [-0.3, -0.25) is 14.9 Å². The Bertz CT molecular complexity index is 1190. The zero-order valence-corrected chi connectivity index (χ0v) is 22.3. The molecule has 0 fully saturated rings. The molecular weight excluding hydrogens is 538 g/mol. The highest BCUT2D eigenvalue weighted by molar-refractivity contribution is 9.10. The fraction of sp³-hybridized carbons (Fsp3) is 0.250. The van der Waals surface area contributed by atoms with Crippen molar-refractivity contribution in [1.82, 2.24) is 10.6 Å². The Kier molecular flexibility index (Phi) is 10.7. The van der Waals surface area contributed by atoms with Crippen LogP contribution in [0.2, 0.25) is 0 Å². The molecule has 3 rings (SSSR count). The monoisotopic (exact) mass is 567 g/mol. The Balaban J connectivity index is 1.77. The van der Waals surface area contributed by atoms with Crippen molar-refractivity contribution >= 4 is 39.6 Å². The van der Waals surface area contributed by atoms with E-state index in [0.717, 1.165) is 21.2 Å². The smallest absolute Gasteiger partial charge is 0.408 e. The summed E-state index contributed by atoms with van der Waals surface area (Å²) in [6.45, 7) is 1.88. The van der Waals surface area contributed by atoms with Crippen LogP contribution in [0.5, 0.6) is 0 Å². The molecule has 3 aromatic carbocycles. The summed E-state index contributed by atoms with van der Waals surface area (Å²) >= 11 is 3.50. The lowest BCUT2D eigenvalue weighted by molar-refractivity contribution is -0.139. The molecule has 0 spiro atoms. The Morgan fingerprint density at radius 2 is 1.62 bits per heavy atom. The van der Waals surface area contributed by atoms with Gasteiger partial charge in [-0.2, -0.15) is 0 Å². The van der Waals surface area contributed by atoms with Gasteiger partial charge in [-0.25, -0.2) is 4.79 Å². The Morgan fingerprint density at radius 1 is 0.946 bits per heavy atom. The van der Waals surface area contributed by atoms with Crippen LogP contribution in [0.25, 0.3) is 0 Å². The maximum atomic E-state index is 13.2. The molecule has 0 bridgehead atoms. The van der Waals surface area contributed by atoms with Crippen molar-refractivity contribution in [1.29, 1.82) is 0 Å². The second-order valence-corrected chi connectivity index (χ2v) is 9.10. The first kappa shape index (κ1) is 27.9. The molecule has 0 unspecified atom stereocenters. The van der Waals surface area contributed by atoms with E-state index in [1.165, 1.54) is 7.11 Å². The summed E-state index contributed by atoms with van der Waals surface area (Å²) in [4.78, 5) is 37.4. The van der Waals surface area contributed by atoms with Gasteiger partial charge in [0.2, 0.25) is 5.91 Å². The molecule has 3 aromatic rings. The molecule has 2 atom stereocenters. The Labute approximate surface area is 224 Å². The van der Waals surface area contributed by atoms with Crippen molar-refractivity contribution in [2.45, 2.75) is 32.0 Å². The zero-order valence-electron chi connectivity index (χ0n) is 20.7. The number of rotatable bonds is 11. The average molecular weight is 568 g/mol. The van der Waals surface area contributed by atoms with Crippen molar-refractivity contribution in [3.63, 3.8) is 0 Å². The third kappa shape index (κ3) is 8.44. The first-order chi connectivity index (χ1) is 17.9. The van der Waals surface area contributed by atoms with E-state index in [2.05, 4.69) is 31.9 Å². The third-order valence-electron chi connectivity index (χ3n) is 5.62. The number of esters is 1.